The van der Waals surface area contributed by atoms with Crippen LogP contribution in [0.15, 0.2) is 72.8 Å². The first-order chi connectivity index (χ1) is 12.1. The van der Waals surface area contributed by atoms with Gasteiger partial charge in [-0.1, -0.05) is 59.6 Å². The summed E-state index contributed by atoms with van der Waals surface area (Å²) < 4.78 is 5.87. The quantitative estimate of drug-likeness (QED) is 0.661. The summed E-state index contributed by atoms with van der Waals surface area (Å²) >= 11 is 5.96. The number of hydrogen-bond acceptors (Lipinski definition) is 2. The second-order valence-electron chi connectivity index (χ2n) is 5.74. The molecule has 0 unspecified atom stereocenters. The summed E-state index contributed by atoms with van der Waals surface area (Å²) in [6.45, 7) is 2.44. The summed E-state index contributed by atoms with van der Waals surface area (Å²) in [5.41, 5.74) is 3.36. The number of halogens is 1. The fraction of sp³-hybridized carbons (Fsp3) is 0.0952. The van der Waals surface area contributed by atoms with Crippen LogP contribution in [0.2, 0.25) is 5.02 Å². The smallest absolute Gasteiger partial charge is 0.259 e. The first-order valence-corrected chi connectivity index (χ1v) is 8.34. The van der Waals surface area contributed by atoms with E-state index in [1.165, 1.54) is 5.56 Å². The number of carbonyl (C=O) groups is 1. The minimum Gasteiger partial charge on any atom is -0.488 e. The maximum Gasteiger partial charge on any atom is 0.259 e. The van der Waals surface area contributed by atoms with Crippen LogP contribution >= 0.6 is 11.6 Å². The number of para-hydroxylation sites is 1. The number of nitrogens with one attached hydrogen (secondary N) is 1. The van der Waals surface area contributed by atoms with Gasteiger partial charge in [0.25, 0.3) is 5.91 Å². The molecule has 0 heterocycles. The summed E-state index contributed by atoms with van der Waals surface area (Å²) in [6, 6.07) is 22.3. The zero-order chi connectivity index (χ0) is 17.6. The lowest BCUT2D eigenvalue weighted by atomic mass is 10.1. The third kappa shape index (κ3) is 4.61. The van der Waals surface area contributed by atoms with Crippen molar-refractivity contribution < 1.29 is 9.53 Å². The third-order valence-corrected chi connectivity index (χ3v) is 3.93. The first kappa shape index (κ1) is 17.1. The second kappa shape index (κ2) is 7.86. The molecule has 0 saturated carbocycles. The van der Waals surface area contributed by atoms with E-state index in [2.05, 4.69) is 11.4 Å². The van der Waals surface area contributed by atoms with Crippen LogP contribution in [0.5, 0.6) is 5.75 Å². The number of hydrogen-bond donors (Lipinski definition) is 1. The highest BCUT2D eigenvalue weighted by molar-refractivity contribution is 6.31. The molecule has 126 valence electrons. The SMILES string of the molecule is Cc1cccc(COc2ccccc2C(=O)Nc2cccc(Cl)c2)c1. The van der Waals surface area contributed by atoms with Gasteiger partial charge in [0.2, 0.25) is 0 Å². The van der Waals surface area contributed by atoms with Gasteiger partial charge in [-0.15, -0.1) is 0 Å². The van der Waals surface area contributed by atoms with Crippen LogP contribution in [-0.2, 0) is 6.61 Å². The van der Waals surface area contributed by atoms with E-state index in [1.54, 1.807) is 36.4 Å². The fourth-order valence-corrected chi connectivity index (χ4v) is 2.70. The number of anilines is 1. The molecule has 0 aromatic heterocycles. The Labute approximate surface area is 152 Å². The normalized spacial score (nSPS) is 10.3. The minimum absolute atomic E-state index is 0.234. The van der Waals surface area contributed by atoms with Crippen molar-refractivity contribution in [2.45, 2.75) is 13.5 Å². The molecule has 3 aromatic carbocycles. The van der Waals surface area contributed by atoms with E-state index in [0.717, 1.165) is 5.56 Å². The van der Waals surface area contributed by atoms with E-state index in [-0.39, 0.29) is 5.91 Å². The molecule has 0 aliphatic carbocycles. The van der Waals surface area contributed by atoms with Crippen molar-refractivity contribution in [1.82, 2.24) is 0 Å². The Morgan fingerprint density at radius 3 is 2.60 bits per heavy atom. The lowest BCUT2D eigenvalue weighted by Crippen LogP contribution is -2.13. The maximum absolute atomic E-state index is 12.6. The molecular formula is C21H18ClNO2. The lowest BCUT2D eigenvalue weighted by Gasteiger charge is -2.12. The summed E-state index contributed by atoms with van der Waals surface area (Å²) in [5.74, 6) is 0.311. The Hall–Kier alpha value is -2.78. The number of amides is 1. The van der Waals surface area contributed by atoms with Gasteiger partial charge in [-0.05, 0) is 42.8 Å². The molecule has 0 radical (unpaired) electrons. The Balaban J connectivity index is 1.75. The van der Waals surface area contributed by atoms with Crippen LogP contribution in [0.4, 0.5) is 5.69 Å². The van der Waals surface area contributed by atoms with Gasteiger partial charge >= 0.3 is 0 Å². The molecule has 3 rings (SSSR count). The lowest BCUT2D eigenvalue weighted by molar-refractivity contribution is 0.102. The molecule has 0 spiro atoms. The molecule has 25 heavy (non-hydrogen) atoms. The van der Waals surface area contributed by atoms with E-state index in [9.17, 15) is 4.79 Å². The van der Waals surface area contributed by atoms with Gasteiger partial charge < -0.3 is 10.1 Å². The monoisotopic (exact) mass is 351 g/mol. The van der Waals surface area contributed by atoms with E-state index in [0.29, 0.717) is 28.6 Å². The van der Waals surface area contributed by atoms with Gasteiger partial charge in [-0.3, -0.25) is 4.79 Å². The largest absolute Gasteiger partial charge is 0.488 e. The maximum atomic E-state index is 12.6. The van der Waals surface area contributed by atoms with E-state index < -0.39 is 0 Å². The Morgan fingerprint density at radius 2 is 1.80 bits per heavy atom. The molecule has 3 nitrogen and oxygen atoms in total. The van der Waals surface area contributed by atoms with Gasteiger partial charge in [0.05, 0.1) is 5.56 Å². The van der Waals surface area contributed by atoms with Crippen molar-refractivity contribution in [2.75, 3.05) is 5.32 Å². The molecule has 0 aliphatic rings. The topological polar surface area (TPSA) is 38.3 Å². The van der Waals surface area contributed by atoms with Crippen molar-refractivity contribution in [2.24, 2.45) is 0 Å². The van der Waals surface area contributed by atoms with Crippen LogP contribution in [0.3, 0.4) is 0 Å². The number of aryl methyl sites for hydroxylation is 1. The van der Waals surface area contributed by atoms with Crippen molar-refractivity contribution in [3.8, 4) is 5.75 Å². The van der Waals surface area contributed by atoms with Crippen LogP contribution < -0.4 is 10.1 Å². The Bertz CT molecular complexity index is 892. The van der Waals surface area contributed by atoms with Gasteiger partial charge in [-0.2, -0.15) is 0 Å². The molecule has 0 saturated heterocycles. The molecule has 3 aromatic rings. The van der Waals surface area contributed by atoms with Crippen molar-refractivity contribution >= 4 is 23.2 Å². The predicted molar refractivity (Wildman–Crippen MR) is 101 cm³/mol. The molecule has 0 bridgehead atoms. The second-order valence-corrected chi connectivity index (χ2v) is 6.17. The highest BCUT2D eigenvalue weighted by Gasteiger charge is 2.12. The van der Waals surface area contributed by atoms with Crippen molar-refractivity contribution in [1.29, 1.82) is 0 Å². The minimum atomic E-state index is -0.234. The predicted octanol–water partition coefficient (Wildman–Crippen LogP) is 5.48. The zero-order valence-corrected chi connectivity index (χ0v) is 14.6. The molecule has 0 aliphatic heterocycles. The van der Waals surface area contributed by atoms with E-state index in [4.69, 9.17) is 16.3 Å². The average molecular weight is 352 g/mol. The fourth-order valence-electron chi connectivity index (χ4n) is 2.51. The van der Waals surface area contributed by atoms with Crippen LogP contribution in [0.25, 0.3) is 0 Å². The average Bonchev–Trinajstić information content (AvgIpc) is 2.60. The van der Waals surface area contributed by atoms with Crippen LogP contribution in [0, 0.1) is 6.92 Å². The summed E-state index contributed by atoms with van der Waals surface area (Å²) in [5, 5.41) is 3.41. The van der Waals surface area contributed by atoms with Gasteiger partial charge in [-0.25, -0.2) is 0 Å². The Kier molecular flexibility index (Phi) is 5.36. The molecule has 1 amide bonds. The number of carbonyl (C=O) groups excluding carboxylic acids is 1. The third-order valence-electron chi connectivity index (χ3n) is 3.69. The Morgan fingerprint density at radius 1 is 1.00 bits per heavy atom. The van der Waals surface area contributed by atoms with E-state index in [1.807, 2.05) is 37.3 Å². The van der Waals surface area contributed by atoms with Crippen molar-refractivity contribution in [3.63, 3.8) is 0 Å². The number of ether oxygens (including phenoxy) is 1. The standard InChI is InChI=1S/C21H18ClNO2/c1-15-6-4-7-16(12-15)14-25-20-11-3-2-10-19(20)21(24)23-18-9-5-8-17(22)13-18/h2-13H,14H2,1H3,(H,23,24). The van der Waals surface area contributed by atoms with Gasteiger partial charge in [0, 0.05) is 10.7 Å². The van der Waals surface area contributed by atoms with Gasteiger partial charge in [0.1, 0.15) is 12.4 Å². The highest BCUT2D eigenvalue weighted by Crippen LogP contribution is 2.22. The van der Waals surface area contributed by atoms with E-state index >= 15 is 0 Å². The molecule has 0 fully saturated rings. The van der Waals surface area contributed by atoms with Crippen molar-refractivity contribution in [3.05, 3.63) is 94.5 Å². The molecule has 4 heteroatoms. The van der Waals surface area contributed by atoms with Crippen LogP contribution in [-0.4, -0.2) is 5.91 Å². The van der Waals surface area contributed by atoms with Gasteiger partial charge in [0.15, 0.2) is 0 Å². The molecule has 1 N–H and O–H groups in total. The highest BCUT2D eigenvalue weighted by atomic mass is 35.5. The summed E-state index contributed by atoms with van der Waals surface area (Å²) in [7, 11) is 0. The summed E-state index contributed by atoms with van der Waals surface area (Å²) in [4.78, 5) is 12.6. The zero-order valence-electron chi connectivity index (χ0n) is 13.8. The molecular weight excluding hydrogens is 334 g/mol. The first-order valence-electron chi connectivity index (χ1n) is 7.96. The van der Waals surface area contributed by atoms with Crippen LogP contribution in [0.1, 0.15) is 21.5 Å². The molecule has 0 atom stereocenters. The summed E-state index contributed by atoms with van der Waals surface area (Å²) in [6.07, 6.45) is 0. The number of rotatable bonds is 5. The number of benzene rings is 3.